The van der Waals surface area contributed by atoms with Crippen molar-refractivity contribution in [3.05, 3.63) is 22.7 Å². The van der Waals surface area contributed by atoms with Crippen molar-refractivity contribution in [1.29, 1.82) is 0 Å². The number of rotatable bonds is 2. The van der Waals surface area contributed by atoms with Gasteiger partial charge in [-0.2, -0.15) is 0 Å². The molecule has 1 aromatic carbocycles. The molecule has 0 aromatic heterocycles. The van der Waals surface area contributed by atoms with Gasteiger partial charge in [-0.05, 0) is 26.0 Å². The number of hydrogen-bond acceptors (Lipinski definition) is 4. The van der Waals surface area contributed by atoms with Crippen LogP contribution in [0.5, 0.6) is 0 Å². The molecule has 20 heavy (non-hydrogen) atoms. The molecule has 1 aliphatic rings. The third-order valence-corrected chi connectivity index (χ3v) is 3.73. The maximum absolute atomic E-state index is 12.0. The summed E-state index contributed by atoms with van der Waals surface area (Å²) in [5.74, 6) is -1.30. The second-order valence-electron chi connectivity index (χ2n) is 5.17. The van der Waals surface area contributed by atoms with E-state index in [1.54, 1.807) is 18.7 Å². The molecule has 1 heterocycles. The van der Waals surface area contributed by atoms with Gasteiger partial charge in [-0.15, -0.1) is 0 Å². The predicted molar refractivity (Wildman–Crippen MR) is 77.3 cm³/mol. The lowest BCUT2D eigenvalue weighted by Gasteiger charge is -2.43. The van der Waals surface area contributed by atoms with E-state index in [0.29, 0.717) is 18.8 Å². The Balaban J connectivity index is 2.62. The summed E-state index contributed by atoms with van der Waals surface area (Å²) in [7, 11) is 0. The van der Waals surface area contributed by atoms with Crippen LogP contribution in [0.4, 0.5) is 11.4 Å². The van der Waals surface area contributed by atoms with Crippen molar-refractivity contribution < 1.29 is 14.7 Å². The Bertz CT molecular complexity index is 586. The number of carbonyl (C=O) groups is 2. The zero-order chi connectivity index (χ0) is 15.1. The van der Waals surface area contributed by atoms with E-state index in [9.17, 15) is 14.7 Å². The molecule has 1 fully saturated rings. The number of piperazine rings is 1. The van der Waals surface area contributed by atoms with Crippen LogP contribution < -0.4 is 16.0 Å². The molecule has 0 spiro atoms. The number of halogens is 1. The summed E-state index contributed by atoms with van der Waals surface area (Å²) in [6.07, 6.45) is 0. The fourth-order valence-corrected chi connectivity index (χ4v) is 2.68. The predicted octanol–water partition coefficient (Wildman–Crippen LogP) is 1.34. The van der Waals surface area contributed by atoms with Crippen LogP contribution in [0.2, 0.25) is 5.02 Å². The zero-order valence-corrected chi connectivity index (χ0v) is 12.0. The van der Waals surface area contributed by atoms with E-state index in [-0.39, 0.29) is 22.2 Å². The van der Waals surface area contributed by atoms with Gasteiger partial charge in [0.25, 0.3) is 0 Å². The highest BCUT2D eigenvalue weighted by atomic mass is 35.5. The second-order valence-corrected chi connectivity index (χ2v) is 5.58. The van der Waals surface area contributed by atoms with Gasteiger partial charge < -0.3 is 21.1 Å². The first kappa shape index (κ1) is 14.5. The minimum absolute atomic E-state index is 0.00206. The molecule has 0 saturated carbocycles. The number of aromatic carboxylic acids is 1. The first-order valence-corrected chi connectivity index (χ1v) is 6.51. The minimum Gasteiger partial charge on any atom is -0.478 e. The first-order chi connectivity index (χ1) is 9.25. The molecule has 1 saturated heterocycles. The van der Waals surface area contributed by atoms with E-state index in [2.05, 4.69) is 5.32 Å². The molecule has 1 aliphatic heterocycles. The molecule has 1 aromatic rings. The van der Waals surface area contributed by atoms with Gasteiger partial charge in [0, 0.05) is 18.8 Å². The highest BCUT2D eigenvalue weighted by Crippen LogP contribution is 2.37. The number of carboxylic acids is 1. The van der Waals surface area contributed by atoms with Crippen molar-refractivity contribution in [2.24, 2.45) is 0 Å². The largest absolute Gasteiger partial charge is 0.478 e. The molecular weight excluding hydrogens is 282 g/mol. The Labute approximate surface area is 121 Å². The Morgan fingerprint density at radius 1 is 1.50 bits per heavy atom. The minimum atomic E-state index is -1.13. The van der Waals surface area contributed by atoms with E-state index < -0.39 is 11.5 Å². The van der Waals surface area contributed by atoms with Crippen LogP contribution in [-0.4, -0.2) is 35.6 Å². The van der Waals surface area contributed by atoms with Gasteiger partial charge in [-0.1, -0.05) is 11.6 Å². The lowest BCUT2D eigenvalue weighted by atomic mass is 9.96. The number of carbonyl (C=O) groups excluding carboxylic acids is 1. The topological polar surface area (TPSA) is 95.7 Å². The third-order valence-electron chi connectivity index (χ3n) is 3.44. The smallest absolute Gasteiger partial charge is 0.337 e. The number of benzene rings is 1. The van der Waals surface area contributed by atoms with Crippen molar-refractivity contribution in [3.63, 3.8) is 0 Å². The molecule has 4 N–H and O–H groups in total. The summed E-state index contributed by atoms with van der Waals surface area (Å²) in [5, 5.41) is 12.3. The van der Waals surface area contributed by atoms with E-state index in [1.807, 2.05) is 0 Å². The van der Waals surface area contributed by atoms with Crippen LogP contribution in [0.1, 0.15) is 24.2 Å². The number of nitrogens with one attached hydrogen (secondary N) is 1. The molecule has 0 aliphatic carbocycles. The summed E-state index contributed by atoms with van der Waals surface area (Å²) < 4.78 is 0. The summed E-state index contributed by atoms with van der Waals surface area (Å²) in [5.41, 5.74) is 5.36. The lowest BCUT2D eigenvalue weighted by Crippen LogP contribution is -2.62. The Hall–Kier alpha value is -1.95. The molecule has 2 rings (SSSR count). The number of nitrogens with two attached hydrogens (primary N) is 1. The van der Waals surface area contributed by atoms with E-state index in [4.69, 9.17) is 17.3 Å². The Kier molecular flexibility index (Phi) is 3.52. The van der Waals surface area contributed by atoms with E-state index >= 15 is 0 Å². The van der Waals surface area contributed by atoms with Gasteiger partial charge in [0.05, 0.1) is 16.3 Å². The molecule has 0 bridgehead atoms. The molecule has 6 nitrogen and oxygen atoms in total. The van der Waals surface area contributed by atoms with Crippen LogP contribution in [0.15, 0.2) is 12.1 Å². The lowest BCUT2D eigenvalue weighted by molar-refractivity contribution is -0.126. The number of carboxylic acid groups (broad SMARTS) is 1. The Morgan fingerprint density at radius 3 is 2.75 bits per heavy atom. The molecule has 0 atom stereocenters. The van der Waals surface area contributed by atoms with Gasteiger partial charge in [0.2, 0.25) is 5.91 Å². The average Bonchev–Trinajstić information content (AvgIpc) is 2.33. The van der Waals surface area contributed by atoms with Crippen LogP contribution >= 0.6 is 11.6 Å². The molecule has 0 unspecified atom stereocenters. The maximum atomic E-state index is 12.0. The SMILES string of the molecule is CC1(C)C(=O)NCCN1c1c(Cl)cc(N)cc1C(=O)O. The first-order valence-electron chi connectivity index (χ1n) is 6.13. The van der Waals surface area contributed by atoms with Crippen LogP contribution in [0.25, 0.3) is 0 Å². The number of amides is 1. The van der Waals surface area contributed by atoms with Crippen LogP contribution in [-0.2, 0) is 4.79 Å². The molecule has 0 radical (unpaired) electrons. The number of nitrogen functional groups attached to an aromatic ring is 1. The highest BCUT2D eigenvalue weighted by molar-refractivity contribution is 6.34. The monoisotopic (exact) mass is 297 g/mol. The van der Waals surface area contributed by atoms with Crippen LogP contribution in [0, 0.1) is 0 Å². The summed E-state index contributed by atoms with van der Waals surface area (Å²) in [6, 6.07) is 2.85. The van der Waals surface area contributed by atoms with Gasteiger partial charge in [0.15, 0.2) is 0 Å². The normalized spacial score (nSPS) is 17.8. The van der Waals surface area contributed by atoms with E-state index in [1.165, 1.54) is 12.1 Å². The average molecular weight is 298 g/mol. The van der Waals surface area contributed by atoms with Gasteiger partial charge in [-0.25, -0.2) is 4.79 Å². The standard InChI is InChI=1S/C13H16ClN3O3/c1-13(2)12(20)16-3-4-17(13)10-8(11(18)19)5-7(15)6-9(10)14/h5-6H,3-4,15H2,1-2H3,(H,16,20)(H,18,19). The Morgan fingerprint density at radius 2 is 2.15 bits per heavy atom. The number of anilines is 2. The maximum Gasteiger partial charge on any atom is 0.337 e. The van der Waals surface area contributed by atoms with Crippen molar-refractivity contribution in [1.82, 2.24) is 5.32 Å². The van der Waals surface area contributed by atoms with Crippen molar-refractivity contribution >= 4 is 34.9 Å². The summed E-state index contributed by atoms with van der Waals surface area (Å²) in [6.45, 7) is 4.35. The quantitative estimate of drug-likeness (QED) is 0.716. The van der Waals surface area contributed by atoms with Gasteiger partial charge in [-0.3, -0.25) is 4.79 Å². The fourth-order valence-electron chi connectivity index (χ4n) is 2.35. The number of hydrogen-bond donors (Lipinski definition) is 3. The zero-order valence-electron chi connectivity index (χ0n) is 11.2. The van der Waals surface area contributed by atoms with Gasteiger partial charge in [0.1, 0.15) is 5.54 Å². The second kappa shape index (κ2) is 4.86. The molecule has 1 amide bonds. The fraction of sp³-hybridized carbons (Fsp3) is 0.385. The van der Waals surface area contributed by atoms with Crippen molar-refractivity contribution in [2.45, 2.75) is 19.4 Å². The third kappa shape index (κ3) is 2.27. The van der Waals surface area contributed by atoms with E-state index in [0.717, 1.165) is 0 Å². The number of nitrogens with zero attached hydrogens (tertiary/aromatic N) is 1. The van der Waals surface area contributed by atoms with Crippen molar-refractivity contribution in [3.8, 4) is 0 Å². The molecular formula is C13H16ClN3O3. The van der Waals surface area contributed by atoms with Gasteiger partial charge >= 0.3 is 5.97 Å². The summed E-state index contributed by atoms with van der Waals surface area (Å²) >= 11 is 6.17. The highest BCUT2D eigenvalue weighted by Gasteiger charge is 2.40. The van der Waals surface area contributed by atoms with Crippen LogP contribution in [0.3, 0.4) is 0 Å². The van der Waals surface area contributed by atoms with Crippen molar-refractivity contribution in [2.75, 3.05) is 23.7 Å². The molecule has 108 valence electrons. The molecule has 7 heteroatoms. The summed E-state index contributed by atoms with van der Waals surface area (Å²) in [4.78, 5) is 25.1.